The number of ether oxygens (including phenoxy) is 1. The summed E-state index contributed by atoms with van der Waals surface area (Å²) in [6.45, 7) is 0.836. The second-order valence-electron chi connectivity index (χ2n) is 9.81. The molecule has 0 radical (unpaired) electrons. The molecule has 5 rings (SSSR count). The third kappa shape index (κ3) is 4.27. The largest absolute Gasteiger partial charge is 0.481 e. The van der Waals surface area contributed by atoms with Crippen LogP contribution in [-0.2, 0) is 14.3 Å². The van der Waals surface area contributed by atoms with Crippen molar-refractivity contribution < 1.29 is 24.2 Å². The lowest BCUT2D eigenvalue weighted by molar-refractivity contribution is -0.143. The fourth-order valence-electron chi connectivity index (χ4n) is 5.54. The van der Waals surface area contributed by atoms with Crippen molar-refractivity contribution in [1.82, 2.24) is 10.6 Å². The van der Waals surface area contributed by atoms with Gasteiger partial charge in [0.05, 0.1) is 11.3 Å². The molecule has 0 spiro atoms. The Morgan fingerprint density at radius 2 is 1.59 bits per heavy atom. The number of hydrogen-bond acceptors (Lipinski definition) is 4. The minimum Gasteiger partial charge on any atom is -0.481 e. The smallest absolute Gasteiger partial charge is 0.407 e. The van der Waals surface area contributed by atoms with Crippen LogP contribution in [0, 0.1) is 17.3 Å². The Balaban J connectivity index is 1.12. The average molecular weight is 463 g/mol. The van der Waals surface area contributed by atoms with Gasteiger partial charge in [-0.25, -0.2) is 4.79 Å². The summed E-state index contributed by atoms with van der Waals surface area (Å²) < 4.78 is 5.58. The first kappa shape index (κ1) is 22.4. The summed E-state index contributed by atoms with van der Waals surface area (Å²) in [7, 11) is 0. The van der Waals surface area contributed by atoms with Gasteiger partial charge in [0, 0.05) is 19.0 Å². The van der Waals surface area contributed by atoms with Crippen LogP contribution in [0.1, 0.15) is 49.1 Å². The molecule has 2 atom stereocenters. The molecular formula is C27H30N2O5. The number of fused-ring (bicyclic) bond motifs is 3. The maximum Gasteiger partial charge on any atom is 0.407 e. The van der Waals surface area contributed by atoms with Crippen LogP contribution in [0.15, 0.2) is 48.5 Å². The molecule has 3 N–H and O–H groups in total. The van der Waals surface area contributed by atoms with Crippen molar-refractivity contribution in [1.29, 1.82) is 0 Å². The third-order valence-electron chi connectivity index (χ3n) is 7.75. The lowest BCUT2D eigenvalue weighted by Crippen LogP contribution is -2.43. The molecule has 178 valence electrons. The molecule has 0 aliphatic heterocycles. The fourth-order valence-corrected chi connectivity index (χ4v) is 5.54. The Hall–Kier alpha value is -3.35. The zero-order valence-corrected chi connectivity index (χ0v) is 19.1. The summed E-state index contributed by atoms with van der Waals surface area (Å²) in [6.07, 6.45) is 3.26. The highest BCUT2D eigenvalue weighted by molar-refractivity contribution is 5.86. The van der Waals surface area contributed by atoms with E-state index in [9.17, 15) is 19.5 Å². The molecule has 2 aromatic carbocycles. The first-order valence-corrected chi connectivity index (χ1v) is 12.1. The minimum absolute atomic E-state index is 0.00933. The van der Waals surface area contributed by atoms with Gasteiger partial charge in [-0.3, -0.25) is 9.59 Å². The van der Waals surface area contributed by atoms with Gasteiger partial charge in [-0.2, -0.15) is 0 Å². The molecule has 2 aromatic rings. The van der Waals surface area contributed by atoms with Crippen molar-refractivity contribution in [3.8, 4) is 11.1 Å². The monoisotopic (exact) mass is 462 g/mol. The quantitative estimate of drug-likeness (QED) is 0.552. The van der Waals surface area contributed by atoms with E-state index in [1.165, 1.54) is 11.1 Å². The number of hydrogen-bond donors (Lipinski definition) is 3. The maximum absolute atomic E-state index is 12.8. The predicted molar refractivity (Wildman–Crippen MR) is 126 cm³/mol. The van der Waals surface area contributed by atoms with E-state index in [4.69, 9.17) is 4.74 Å². The molecule has 0 aromatic heterocycles. The van der Waals surface area contributed by atoms with Crippen LogP contribution in [0.4, 0.5) is 4.79 Å². The topological polar surface area (TPSA) is 105 Å². The number of benzene rings is 2. The molecule has 0 bridgehead atoms. The average Bonchev–Trinajstić information content (AvgIpc) is 3.37. The van der Waals surface area contributed by atoms with E-state index < -0.39 is 17.5 Å². The molecule has 0 saturated heterocycles. The molecule has 0 unspecified atom stereocenters. The number of amides is 2. The van der Waals surface area contributed by atoms with Gasteiger partial charge in [-0.1, -0.05) is 55.0 Å². The normalized spacial score (nSPS) is 21.9. The van der Waals surface area contributed by atoms with Gasteiger partial charge in [0.25, 0.3) is 0 Å². The van der Waals surface area contributed by atoms with Crippen LogP contribution < -0.4 is 10.6 Å². The van der Waals surface area contributed by atoms with Crippen LogP contribution in [0.3, 0.4) is 0 Å². The zero-order valence-electron chi connectivity index (χ0n) is 19.1. The van der Waals surface area contributed by atoms with Crippen molar-refractivity contribution in [2.45, 2.75) is 38.0 Å². The van der Waals surface area contributed by atoms with Crippen LogP contribution in [0.2, 0.25) is 0 Å². The minimum atomic E-state index is -0.783. The SMILES string of the molecule is O=C(NCC1(C(=O)NC[C@@H]2CCC[C@@H]2C(=O)O)CC1)OCC1c2ccccc2-c2ccccc21. The Bertz CT molecular complexity index is 1060. The predicted octanol–water partition coefficient (Wildman–Crippen LogP) is 3.92. The number of carboxylic acid groups (broad SMARTS) is 1. The first-order chi connectivity index (χ1) is 16.5. The molecule has 3 aliphatic rings. The Morgan fingerprint density at radius 3 is 2.21 bits per heavy atom. The summed E-state index contributed by atoms with van der Waals surface area (Å²) in [5, 5.41) is 15.0. The van der Waals surface area contributed by atoms with Gasteiger partial charge in [0.2, 0.25) is 5.91 Å². The molecule has 2 saturated carbocycles. The van der Waals surface area contributed by atoms with Crippen molar-refractivity contribution in [2.75, 3.05) is 19.7 Å². The van der Waals surface area contributed by atoms with Gasteiger partial charge in [0.1, 0.15) is 6.61 Å². The molecule has 2 fully saturated rings. The van der Waals surface area contributed by atoms with Crippen LogP contribution in [-0.4, -0.2) is 42.8 Å². The molecule has 7 nitrogen and oxygen atoms in total. The first-order valence-electron chi connectivity index (χ1n) is 12.1. The number of aliphatic carboxylic acids is 1. The summed E-state index contributed by atoms with van der Waals surface area (Å²) in [5.41, 5.74) is 4.05. The highest BCUT2D eigenvalue weighted by atomic mass is 16.5. The molecule has 34 heavy (non-hydrogen) atoms. The summed E-state index contributed by atoms with van der Waals surface area (Å²) in [6, 6.07) is 16.4. The van der Waals surface area contributed by atoms with Crippen molar-refractivity contribution in [3.05, 3.63) is 59.7 Å². The second-order valence-corrected chi connectivity index (χ2v) is 9.81. The molecule has 3 aliphatic carbocycles. The van der Waals surface area contributed by atoms with E-state index >= 15 is 0 Å². The van der Waals surface area contributed by atoms with Gasteiger partial charge in [-0.15, -0.1) is 0 Å². The third-order valence-corrected chi connectivity index (χ3v) is 7.75. The van der Waals surface area contributed by atoms with Gasteiger partial charge < -0.3 is 20.5 Å². The van der Waals surface area contributed by atoms with Gasteiger partial charge in [-0.05, 0) is 53.9 Å². The number of carboxylic acids is 1. The van der Waals surface area contributed by atoms with E-state index in [0.29, 0.717) is 25.8 Å². The molecular weight excluding hydrogens is 432 g/mol. The lowest BCUT2D eigenvalue weighted by Gasteiger charge is -2.20. The van der Waals surface area contributed by atoms with E-state index in [1.54, 1.807) is 0 Å². The fraction of sp³-hybridized carbons (Fsp3) is 0.444. The van der Waals surface area contributed by atoms with E-state index in [0.717, 1.165) is 24.0 Å². The van der Waals surface area contributed by atoms with Crippen molar-refractivity contribution in [3.63, 3.8) is 0 Å². The van der Waals surface area contributed by atoms with Crippen molar-refractivity contribution >= 4 is 18.0 Å². The molecule has 7 heteroatoms. The number of carbonyl (C=O) groups is 3. The van der Waals surface area contributed by atoms with E-state index in [1.807, 2.05) is 24.3 Å². The standard InChI is InChI=1S/C27H30N2O5/c30-24(31)18-11-5-6-17(18)14-28-25(32)27(12-13-27)16-29-26(33)34-15-23-21-9-3-1-7-19(21)20-8-2-4-10-22(20)23/h1-4,7-10,17-18,23H,5-6,11-16H2,(H,28,32)(H,29,33)(H,30,31)/t17-,18-/m0/s1. The van der Waals surface area contributed by atoms with E-state index in [-0.39, 0.29) is 36.8 Å². The zero-order chi connectivity index (χ0) is 23.7. The van der Waals surface area contributed by atoms with Gasteiger partial charge in [0.15, 0.2) is 0 Å². The number of rotatable bonds is 8. The summed E-state index contributed by atoms with van der Waals surface area (Å²) in [4.78, 5) is 36.6. The number of carbonyl (C=O) groups excluding carboxylic acids is 2. The highest BCUT2D eigenvalue weighted by Gasteiger charge is 2.50. The van der Waals surface area contributed by atoms with Crippen LogP contribution in [0.5, 0.6) is 0 Å². The second kappa shape index (κ2) is 9.12. The Kier molecular flexibility index (Phi) is 6.02. The molecule has 0 heterocycles. The summed E-state index contributed by atoms with van der Waals surface area (Å²) >= 11 is 0. The molecule has 2 amide bonds. The number of alkyl carbamates (subject to hydrolysis) is 1. The number of nitrogens with one attached hydrogen (secondary N) is 2. The highest BCUT2D eigenvalue weighted by Crippen LogP contribution is 2.46. The Labute approximate surface area is 198 Å². The van der Waals surface area contributed by atoms with Crippen LogP contribution in [0.25, 0.3) is 11.1 Å². The van der Waals surface area contributed by atoms with Gasteiger partial charge >= 0.3 is 12.1 Å². The maximum atomic E-state index is 12.8. The van der Waals surface area contributed by atoms with E-state index in [2.05, 4.69) is 34.9 Å². The van der Waals surface area contributed by atoms with Crippen molar-refractivity contribution in [2.24, 2.45) is 17.3 Å². The Morgan fingerprint density at radius 1 is 0.941 bits per heavy atom. The summed E-state index contributed by atoms with van der Waals surface area (Å²) in [5.74, 6) is -1.30. The lowest BCUT2D eigenvalue weighted by atomic mass is 9.95. The van der Waals surface area contributed by atoms with Crippen LogP contribution >= 0.6 is 0 Å².